The largest absolute Gasteiger partial charge is 0.354 e. The normalized spacial score (nSPS) is 12.3. The number of benzene rings is 2. The summed E-state index contributed by atoms with van der Waals surface area (Å²) in [4.78, 5) is 27.4. The fraction of sp³-hybridized carbons (Fsp3) is 0.417. The predicted molar refractivity (Wildman–Crippen MR) is 128 cm³/mol. The molecule has 0 heterocycles. The average Bonchev–Trinajstić information content (AvgIpc) is 2.74. The van der Waals surface area contributed by atoms with Gasteiger partial charge >= 0.3 is 0 Å². The molecule has 0 aromatic heterocycles. The Bertz CT molecular complexity index is 1070. The van der Waals surface area contributed by atoms with Crippen LogP contribution in [0, 0.1) is 18.7 Å². The van der Waals surface area contributed by atoms with E-state index in [0.29, 0.717) is 6.54 Å². The number of carbonyl (C=O) groups is 2. The van der Waals surface area contributed by atoms with E-state index in [2.05, 4.69) is 5.32 Å². The number of rotatable bonds is 10. The van der Waals surface area contributed by atoms with Crippen LogP contribution in [0.3, 0.4) is 0 Å². The predicted octanol–water partition coefficient (Wildman–Crippen LogP) is 3.09. The third kappa shape index (κ3) is 7.56. The van der Waals surface area contributed by atoms with Gasteiger partial charge in [0.1, 0.15) is 18.4 Å². The molecule has 0 unspecified atom stereocenters. The molecule has 0 aliphatic rings. The topological polar surface area (TPSA) is 86.8 Å². The van der Waals surface area contributed by atoms with Crippen LogP contribution in [0.5, 0.6) is 0 Å². The monoisotopic (exact) mass is 477 g/mol. The molecule has 33 heavy (non-hydrogen) atoms. The van der Waals surface area contributed by atoms with Gasteiger partial charge in [0, 0.05) is 13.1 Å². The summed E-state index contributed by atoms with van der Waals surface area (Å²) in [7, 11) is -3.97. The molecular formula is C24H32FN3O4S. The second-order valence-corrected chi connectivity index (χ2v) is 10.5. The minimum atomic E-state index is -3.97. The summed E-state index contributed by atoms with van der Waals surface area (Å²) < 4.78 is 40.0. The molecule has 9 heteroatoms. The fourth-order valence-corrected chi connectivity index (χ4v) is 4.02. The maximum Gasteiger partial charge on any atom is 0.244 e. The van der Waals surface area contributed by atoms with E-state index in [0.717, 1.165) is 27.8 Å². The Balaban J connectivity index is 2.36. The summed E-state index contributed by atoms with van der Waals surface area (Å²) in [5.41, 5.74) is 1.61. The number of nitrogens with zero attached hydrogens (tertiary/aromatic N) is 2. The Kier molecular flexibility index (Phi) is 8.99. The Morgan fingerprint density at radius 2 is 1.64 bits per heavy atom. The van der Waals surface area contributed by atoms with E-state index in [1.54, 1.807) is 6.92 Å². The molecule has 180 valence electrons. The first kappa shape index (κ1) is 26.3. The van der Waals surface area contributed by atoms with Gasteiger partial charge in [-0.15, -0.1) is 0 Å². The van der Waals surface area contributed by atoms with E-state index >= 15 is 0 Å². The lowest BCUT2D eigenvalue weighted by molar-refractivity contribution is -0.139. The van der Waals surface area contributed by atoms with Crippen LogP contribution >= 0.6 is 0 Å². The molecule has 2 aromatic carbocycles. The SMILES string of the molecule is Cc1ccc(CN(C(=O)CN(c2ccccc2F)S(C)(=O)=O)[C@@H](C)C(=O)NCC(C)C)cc1. The molecule has 0 spiro atoms. The first-order valence-electron chi connectivity index (χ1n) is 10.7. The van der Waals surface area contributed by atoms with Crippen molar-refractivity contribution in [3.63, 3.8) is 0 Å². The van der Waals surface area contributed by atoms with Crippen molar-refractivity contribution in [1.82, 2.24) is 10.2 Å². The molecule has 2 rings (SSSR count). The number of hydrogen-bond acceptors (Lipinski definition) is 4. The number of nitrogens with one attached hydrogen (secondary N) is 1. The molecule has 0 bridgehead atoms. The van der Waals surface area contributed by atoms with E-state index in [-0.39, 0.29) is 24.1 Å². The third-order valence-corrected chi connectivity index (χ3v) is 6.25. The van der Waals surface area contributed by atoms with Crippen molar-refractivity contribution < 1.29 is 22.4 Å². The fourth-order valence-electron chi connectivity index (χ4n) is 3.17. The van der Waals surface area contributed by atoms with Crippen molar-refractivity contribution in [1.29, 1.82) is 0 Å². The van der Waals surface area contributed by atoms with Crippen molar-refractivity contribution in [2.45, 2.75) is 40.3 Å². The molecule has 0 aliphatic carbocycles. The quantitative estimate of drug-likeness (QED) is 0.570. The van der Waals surface area contributed by atoms with Gasteiger partial charge in [-0.05, 0) is 37.5 Å². The summed E-state index contributed by atoms with van der Waals surface area (Å²) >= 11 is 0. The minimum Gasteiger partial charge on any atom is -0.354 e. The zero-order valence-electron chi connectivity index (χ0n) is 19.7. The van der Waals surface area contributed by atoms with E-state index in [1.807, 2.05) is 45.0 Å². The summed E-state index contributed by atoms with van der Waals surface area (Å²) in [6, 6.07) is 12.0. The molecule has 7 nitrogen and oxygen atoms in total. The van der Waals surface area contributed by atoms with Crippen molar-refractivity contribution in [2.24, 2.45) is 5.92 Å². The number of para-hydroxylation sites is 1. The zero-order chi connectivity index (χ0) is 24.8. The first-order chi connectivity index (χ1) is 15.4. The Labute approximate surface area is 195 Å². The maximum absolute atomic E-state index is 14.4. The summed E-state index contributed by atoms with van der Waals surface area (Å²) in [6.07, 6.45) is 0.913. The van der Waals surface area contributed by atoms with Crippen LogP contribution in [0.2, 0.25) is 0 Å². The van der Waals surface area contributed by atoms with Gasteiger partial charge in [-0.25, -0.2) is 12.8 Å². The second kappa shape index (κ2) is 11.3. The van der Waals surface area contributed by atoms with Gasteiger partial charge in [-0.3, -0.25) is 13.9 Å². The van der Waals surface area contributed by atoms with Gasteiger partial charge in [0.15, 0.2) is 0 Å². The van der Waals surface area contributed by atoms with Crippen molar-refractivity contribution >= 4 is 27.5 Å². The standard InChI is InChI=1S/C24H32FN3O4S/c1-17(2)14-26-24(30)19(4)27(15-20-12-10-18(3)11-13-20)23(29)16-28(33(5,31)32)22-9-7-6-8-21(22)25/h6-13,17,19H,14-16H2,1-5H3,(H,26,30)/t19-/m0/s1. The van der Waals surface area contributed by atoms with Crippen molar-refractivity contribution in [3.05, 3.63) is 65.5 Å². The maximum atomic E-state index is 14.4. The highest BCUT2D eigenvalue weighted by Crippen LogP contribution is 2.22. The number of sulfonamides is 1. The molecule has 0 aliphatic heterocycles. The highest BCUT2D eigenvalue weighted by Gasteiger charge is 2.30. The molecule has 0 radical (unpaired) electrons. The number of halogens is 1. The number of carbonyl (C=O) groups excluding carboxylic acids is 2. The van der Waals surface area contributed by atoms with Gasteiger partial charge in [-0.1, -0.05) is 55.8 Å². The molecule has 2 amide bonds. The van der Waals surface area contributed by atoms with Crippen LogP contribution < -0.4 is 9.62 Å². The molecule has 0 saturated heterocycles. The molecule has 2 aromatic rings. The molecule has 0 fully saturated rings. The summed E-state index contributed by atoms with van der Waals surface area (Å²) in [5.74, 6) is -1.50. The highest BCUT2D eigenvalue weighted by atomic mass is 32.2. The lowest BCUT2D eigenvalue weighted by atomic mass is 10.1. The summed E-state index contributed by atoms with van der Waals surface area (Å²) in [5, 5.41) is 2.81. The Hall–Kier alpha value is -2.94. The van der Waals surface area contributed by atoms with Crippen LogP contribution in [0.25, 0.3) is 0 Å². The number of aryl methyl sites for hydroxylation is 1. The minimum absolute atomic E-state index is 0.101. The Morgan fingerprint density at radius 1 is 1.03 bits per heavy atom. The highest BCUT2D eigenvalue weighted by molar-refractivity contribution is 7.92. The second-order valence-electron chi connectivity index (χ2n) is 8.54. The lowest BCUT2D eigenvalue weighted by Crippen LogP contribution is -2.51. The molecular weight excluding hydrogens is 445 g/mol. The molecule has 0 saturated carbocycles. The van der Waals surface area contributed by atoms with Gasteiger partial charge in [0.05, 0.1) is 11.9 Å². The van der Waals surface area contributed by atoms with Gasteiger partial charge in [0.2, 0.25) is 21.8 Å². The lowest BCUT2D eigenvalue weighted by Gasteiger charge is -2.31. The Morgan fingerprint density at radius 3 is 2.18 bits per heavy atom. The molecule has 1 atom stereocenters. The number of anilines is 1. The van der Waals surface area contributed by atoms with E-state index in [9.17, 15) is 22.4 Å². The van der Waals surface area contributed by atoms with Gasteiger partial charge in [-0.2, -0.15) is 0 Å². The summed E-state index contributed by atoms with van der Waals surface area (Å²) in [6.45, 7) is 7.36. The van der Waals surface area contributed by atoms with Crippen molar-refractivity contribution in [2.75, 3.05) is 23.7 Å². The third-order valence-electron chi connectivity index (χ3n) is 5.13. The first-order valence-corrected chi connectivity index (χ1v) is 12.6. The van der Waals surface area contributed by atoms with Gasteiger partial charge < -0.3 is 10.2 Å². The number of hydrogen-bond donors (Lipinski definition) is 1. The number of amides is 2. The van der Waals surface area contributed by atoms with Crippen LogP contribution in [0.15, 0.2) is 48.5 Å². The van der Waals surface area contributed by atoms with E-state index in [1.165, 1.54) is 23.1 Å². The van der Waals surface area contributed by atoms with E-state index in [4.69, 9.17) is 0 Å². The van der Waals surface area contributed by atoms with Crippen LogP contribution in [-0.4, -0.2) is 50.5 Å². The van der Waals surface area contributed by atoms with Crippen LogP contribution in [0.4, 0.5) is 10.1 Å². The van der Waals surface area contributed by atoms with Crippen LogP contribution in [-0.2, 0) is 26.2 Å². The van der Waals surface area contributed by atoms with Crippen molar-refractivity contribution in [3.8, 4) is 0 Å². The zero-order valence-corrected chi connectivity index (χ0v) is 20.5. The average molecular weight is 478 g/mol. The smallest absolute Gasteiger partial charge is 0.244 e. The van der Waals surface area contributed by atoms with Crippen LogP contribution in [0.1, 0.15) is 31.9 Å². The molecule has 1 N–H and O–H groups in total. The van der Waals surface area contributed by atoms with E-state index < -0.39 is 34.3 Å². The van der Waals surface area contributed by atoms with Gasteiger partial charge in [0.25, 0.3) is 0 Å².